The average molecular weight is 376 g/mol. The fourth-order valence-electron chi connectivity index (χ4n) is 3.55. The zero-order valence-electron chi connectivity index (χ0n) is 15.6. The smallest absolute Gasteiger partial charge is 0.254 e. The van der Waals surface area contributed by atoms with E-state index in [4.69, 9.17) is 0 Å². The summed E-state index contributed by atoms with van der Waals surface area (Å²) in [5.41, 5.74) is 3.35. The van der Waals surface area contributed by atoms with Gasteiger partial charge in [-0.1, -0.05) is 36.4 Å². The molecule has 1 aliphatic rings. The van der Waals surface area contributed by atoms with Crippen LogP contribution in [0.25, 0.3) is 0 Å². The van der Waals surface area contributed by atoms with Crippen LogP contribution in [0, 0.1) is 5.82 Å². The van der Waals surface area contributed by atoms with Crippen molar-refractivity contribution in [3.63, 3.8) is 0 Å². The molecule has 0 aliphatic carbocycles. The first-order valence-electron chi connectivity index (χ1n) is 9.34. The summed E-state index contributed by atoms with van der Waals surface area (Å²) in [7, 11) is 0. The number of hydrogen-bond acceptors (Lipinski definition) is 4. The van der Waals surface area contributed by atoms with Crippen LogP contribution < -0.4 is 10.2 Å². The molecule has 1 aliphatic heterocycles. The maximum Gasteiger partial charge on any atom is 0.254 e. The van der Waals surface area contributed by atoms with E-state index < -0.39 is 0 Å². The van der Waals surface area contributed by atoms with Crippen LogP contribution in [0.3, 0.4) is 0 Å². The third-order valence-electron chi connectivity index (χ3n) is 4.96. The molecule has 0 radical (unpaired) electrons. The highest BCUT2D eigenvalue weighted by atomic mass is 19.1. The van der Waals surface area contributed by atoms with E-state index in [2.05, 4.69) is 39.2 Å². The van der Waals surface area contributed by atoms with E-state index in [0.29, 0.717) is 30.0 Å². The first kappa shape index (κ1) is 18.1. The fourth-order valence-corrected chi connectivity index (χ4v) is 3.55. The van der Waals surface area contributed by atoms with Gasteiger partial charge in [-0.3, -0.25) is 4.79 Å². The van der Waals surface area contributed by atoms with Crippen molar-refractivity contribution in [2.24, 2.45) is 0 Å². The monoisotopic (exact) mass is 376 g/mol. The molecule has 2 aromatic carbocycles. The lowest BCUT2D eigenvalue weighted by Crippen LogP contribution is -2.28. The molecule has 0 bridgehead atoms. The van der Waals surface area contributed by atoms with Gasteiger partial charge in [0, 0.05) is 30.7 Å². The Balaban J connectivity index is 1.41. The third-order valence-corrected chi connectivity index (χ3v) is 4.96. The van der Waals surface area contributed by atoms with Gasteiger partial charge in [0.2, 0.25) is 5.95 Å². The number of benzene rings is 2. The van der Waals surface area contributed by atoms with E-state index in [-0.39, 0.29) is 17.8 Å². The molecule has 0 spiro atoms. The van der Waals surface area contributed by atoms with Crippen LogP contribution in [0.4, 0.5) is 16.0 Å². The topological polar surface area (TPSA) is 58.1 Å². The SMILES string of the molecule is CC1Cc2ccccc2N1c1ncc(C(=O)NCCc2ccccc2F)cn1. The summed E-state index contributed by atoms with van der Waals surface area (Å²) in [6.07, 6.45) is 4.44. The summed E-state index contributed by atoms with van der Waals surface area (Å²) < 4.78 is 13.6. The maximum atomic E-state index is 13.6. The summed E-state index contributed by atoms with van der Waals surface area (Å²) in [6.45, 7) is 2.48. The lowest BCUT2D eigenvalue weighted by atomic mass is 10.1. The van der Waals surface area contributed by atoms with E-state index in [9.17, 15) is 9.18 Å². The van der Waals surface area contributed by atoms with E-state index >= 15 is 0 Å². The van der Waals surface area contributed by atoms with Crippen LogP contribution in [-0.4, -0.2) is 28.5 Å². The summed E-state index contributed by atoms with van der Waals surface area (Å²) in [5.74, 6) is 0.0579. The van der Waals surface area contributed by atoms with E-state index in [1.165, 1.54) is 24.0 Å². The van der Waals surface area contributed by atoms with Crippen LogP contribution in [0.15, 0.2) is 60.9 Å². The van der Waals surface area contributed by atoms with Gasteiger partial charge in [-0.2, -0.15) is 0 Å². The minimum absolute atomic E-state index is 0.260. The molecule has 142 valence electrons. The highest BCUT2D eigenvalue weighted by Gasteiger charge is 2.28. The number of aromatic nitrogens is 2. The van der Waals surface area contributed by atoms with Gasteiger partial charge < -0.3 is 10.2 Å². The molecule has 28 heavy (non-hydrogen) atoms. The van der Waals surface area contributed by atoms with Crippen molar-refractivity contribution in [3.8, 4) is 0 Å². The molecule has 1 amide bonds. The Hall–Kier alpha value is -3.28. The van der Waals surface area contributed by atoms with Crippen molar-refractivity contribution in [1.29, 1.82) is 0 Å². The lowest BCUT2D eigenvalue weighted by Gasteiger charge is -2.22. The van der Waals surface area contributed by atoms with Crippen molar-refractivity contribution >= 4 is 17.5 Å². The van der Waals surface area contributed by atoms with Crippen molar-refractivity contribution < 1.29 is 9.18 Å². The number of nitrogens with one attached hydrogen (secondary N) is 1. The number of amides is 1. The number of rotatable bonds is 5. The number of nitrogens with zero attached hydrogens (tertiary/aromatic N) is 3. The number of carbonyl (C=O) groups excluding carboxylic acids is 1. The largest absolute Gasteiger partial charge is 0.352 e. The molecular formula is C22H21FN4O. The van der Waals surface area contributed by atoms with Crippen LogP contribution >= 0.6 is 0 Å². The van der Waals surface area contributed by atoms with Crippen molar-refractivity contribution in [2.45, 2.75) is 25.8 Å². The zero-order valence-corrected chi connectivity index (χ0v) is 15.6. The Morgan fingerprint density at radius 3 is 2.64 bits per heavy atom. The van der Waals surface area contributed by atoms with Gasteiger partial charge >= 0.3 is 0 Å². The number of halogens is 1. The molecule has 0 saturated heterocycles. The summed E-state index contributed by atoms with van der Waals surface area (Å²) in [6, 6.07) is 15.0. The van der Waals surface area contributed by atoms with Crippen LogP contribution in [0.5, 0.6) is 0 Å². The van der Waals surface area contributed by atoms with Gasteiger partial charge in [0.1, 0.15) is 5.82 Å². The molecule has 1 unspecified atom stereocenters. The van der Waals surface area contributed by atoms with Crippen molar-refractivity contribution in [1.82, 2.24) is 15.3 Å². The van der Waals surface area contributed by atoms with Crippen LogP contribution in [-0.2, 0) is 12.8 Å². The van der Waals surface area contributed by atoms with Crippen molar-refractivity contribution in [3.05, 3.63) is 83.4 Å². The Labute approximate surface area is 163 Å². The molecule has 6 heteroatoms. The van der Waals surface area contributed by atoms with Gasteiger partial charge in [-0.25, -0.2) is 14.4 Å². The number of carbonyl (C=O) groups is 1. The summed E-state index contributed by atoms with van der Waals surface area (Å²) >= 11 is 0. The quantitative estimate of drug-likeness (QED) is 0.738. The molecule has 3 aromatic rings. The lowest BCUT2D eigenvalue weighted by molar-refractivity contribution is 0.0953. The molecule has 1 aromatic heterocycles. The van der Waals surface area contributed by atoms with Gasteiger partial charge in [0.15, 0.2) is 0 Å². The van der Waals surface area contributed by atoms with E-state index in [0.717, 1.165) is 12.1 Å². The normalized spacial score (nSPS) is 15.4. The molecule has 1 atom stereocenters. The Bertz CT molecular complexity index is 990. The predicted molar refractivity (Wildman–Crippen MR) is 106 cm³/mol. The van der Waals surface area contributed by atoms with Crippen molar-refractivity contribution in [2.75, 3.05) is 11.4 Å². The molecular weight excluding hydrogens is 355 g/mol. The first-order chi connectivity index (χ1) is 13.6. The Kier molecular flexibility index (Phi) is 5.02. The predicted octanol–water partition coefficient (Wildman–Crippen LogP) is 3.67. The van der Waals surface area contributed by atoms with Crippen LogP contribution in [0.2, 0.25) is 0 Å². The van der Waals surface area contributed by atoms with E-state index in [1.54, 1.807) is 18.2 Å². The second kappa shape index (κ2) is 7.76. The Morgan fingerprint density at radius 2 is 1.86 bits per heavy atom. The maximum absolute atomic E-state index is 13.6. The highest BCUT2D eigenvalue weighted by Crippen LogP contribution is 2.36. The highest BCUT2D eigenvalue weighted by molar-refractivity contribution is 5.93. The standard InChI is InChI=1S/C22H21FN4O/c1-15-12-17-7-3-5-9-20(17)27(15)22-25-13-18(14-26-22)21(28)24-11-10-16-6-2-4-8-19(16)23/h2-9,13-15H,10-12H2,1H3,(H,24,28). The number of para-hydroxylation sites is 1. The molecule has 1 N–H and O–H groups in total. The average Bonchev–Trinajstić information content (AvgIpc) is 3.05. The summed E-state index contributed by atoms with van der Waals surface area (Å²) in [5, 5.41) is 2.79. The third kappa shape index (κ3) is 3.58. The van der Waals surface area contributed by atoms with Gasteiger partial charge in [0.25, 0.3) is 5.91 Å². The second-order valence-electron chi connectivity index (χ2n) is 6.92. The molecule has 4 rings (SSSR count). The molecule has 0 saturated carbocycles. The second-order valence-corrected chi connectivity index (χ2v) is 6.92. The summed E-state index contributed by atoms with van der Waals surface area (Å²) in [4.78, 5) is 23.2. The minimum atomic E-state index is -0.266. The van der Waals surface area contributed by atoms with Crippen LogP contribution in [0.1, 0.15) is 28.4 Å². The minimum Gasteiger partial charge on any atom is -0.352 e. The number of fused-ring (bicyclic) bond motifs is 1. The van der Waals surface area contributed by atoms with Gasteiger partial charge in [0.05, 0.1) is 5.56 Å². The van der Waals surface area contributed by atoms with Gasteiger partial charge in [-0.15, -0.1) is 0 Å². The number of anilines is 2. The van der Waals surface area contributed by atoms with Gasteiger partial charge in [-0.05, 0) is 43.0 Å². The van der Waals surface area contributed by atoms with E-state index in [1.807, 2.05) is 12.1 Å². The molecule has 5 nitrogen and oxygen atoms in total. The number of hydrogen-bond donors (Lipinski definition) is 1. The zero-order chi connectivity index (χ0) is 19.5. The molecule has 2 heterocycles. The molecule has 0 fully saturated rings. The Morgan fingerprint density at radius 1 is 1.14 bits per heavy atom. The fraction of sp³-hybridized carbons (Fsp3) is 0.227. The first-order valence-corrected chi connectivity index (χ1v) is 9.34.